The quantitative estimate of drug-likeness (QED) is 0.406. The first-order valence-electron chi connectivity index (χ1n) is 12.0. The minimum absolute atomic E-state index is 0.0728. The first-order valence-corrected chi connectivity index (χ1v) is 12.9. The smallest absolute Gasteiger partial charge is 0.227 e. The molecule has 1 atom stereocenters. The highest BCUT2D eigenvalue weighted by molar-refractivity contribution is 7.99. The number of nitrogens with zero attached hydrogens (tertiary/aromatic N) is 3. The van der Waals surface area contributed by atoms with Gasteiger partial charge in [0, 0.05) is 23.3 Å². The zero-order chi connectivity index (χ0) is 25.4. The number of nitrogens with one attached hydrogen (secondary N) is 1. The third-order valence-corrected chi connectivity index (χ3v) is 7.15. The largest absolute Gasteiger partial charge is 0.493 e. The minimum Gasteiger partial charge on any atom is -0.493 e. The van der Waals surface area contributed by atoms with E-state index in [1.165, 1.54) is 6.07 Å². The Morgan fingerprint density at radius 2 is 2.00 bits per heavy atom. The van der Waals surface area contributed by atoms with Gasteiger partial charge < -0.3 is 14.8 Å². The maximum absolute atomic E-state index is 14.1. The van der Waals surface area contributed by atoms with Crippen molar-refractivity contribution in [3.8, 4) is 11.5 Å². The number of halogens is 1. The Labute approximate surface area is 214 Å². The normalized spacial score (nSPS) is 18.4. The van der Waals surface area contributed by atoms with E-state index in [0.29, 0.717) is 40.2 Å². The van der Waals surface area contributed by atoms with Gasteiger partial charge in [0.1, 0.15) is 18.5 Å². The van der Waals surface area contributed by atoms with E-state index in [0.717, 1.165) is 23.4 Å². The zero-order valence-corrected chi connectivity index (χ0v) is 21.6. The van der Waals surface area contributed by atoms with Crippen molar-refractivity contribution in [1.29, 1.82) is 0 Å². The first kappa shape index (κ1) is 24.4. The molecule has 0 bridgehead atoms. The Morgan fingerprint density at radius 1 is 1.19 bits per heavy atom. The number of methoxy groups -OCH3 is 1. The van der Waals surface area contributed by atoms with Crippen LogP contribution in [0.15, 0.2) is 58.9 Å². The van der Waals surface area contributed by atoms with Crippen molar-refractivity contribution in [3.05, 3.63) is 70.7 Å². The summed E-state index contributed by atoms with van der Waals surface area (Å²) >= 11 is 1.55. The number of Topliss-reactive ketones (excluding diaryl/α,β-unsaturated/α-hetero) is 1. The van der Waals surface area contributed by atoms with Crippen molar-refractivity contribution in [2.24, 2.45) is 5.41 Å². The monoisotopic (exact) mass is 508 g/mol. The van der Waals surface area contributed by atoms with Crippen molar-refractivity contribution >= 4 is 23.5 Å². The molecule has 0 amide bonds. The number of benzene rings is 2. The lowest BCUT2D eigenvalue weighted by Gasteiger charge is -2.38. The van der Waals surface area contributed by atoms with Crippen LogP contribution in [0, 0.1) is 11.2 Å². The maximum atomic E-state index is 14.1. The van der Waals surface area contributed by atoms with Crippen LogP contribution in [0.2, 0.25) is 0 Å². The predicted molar refractivity (Wildman–Crippen MR) is 137 cm³/mol. The molecule has 0 saturated carbocycles. The van der Waals surface area contributed by atoms with Crippen LogP contribution < -0.4 is 14.8 Å². The number of hydrogen-bond donors (Lipinski definition) is 1. The van der Waals surface area contributed by atoms with Crippen LogP contribution >= 0.6 is 11.8 Å². The summed E-state index contributed by atoms with van der Waals surface area (Å²) in [6.07, 6.45) is 1.21. The van der Waals surface area contributed by atoms with Crippen molar-refractivity contribution in [3.63, 3.8) is 0 Å². The molecule has 0 fully saturated rings. The summed E-state index contributed by atoms with van der Waals surface area (Å²) in [6, 6.07) is 11.6. The van der Waals surface area contributed by atoms with Crippen LogP contribution in [-0.4, -0.2) is 33.4 Å². The number of ether oxygens (including phenoxy) is 2. The van der Waals surface area contributed by atoms with Gasteiger partial charge in [-0.1, -0.05) is 56.8 Å². The highest BCUT2D eigenvalue weighted by Crippen LogP contribution is 2.46. The van der Waals surface area contributed by atoms with Crippen LogP contribution in [0.1, 0.15) is 50.8 Å². The van der Waals surface area contributed by atoms with E-state index in [2.05, 4.69) is 31.1 Å². The summed E-state index contributed by atoms with van der Waals surface area (Å²) in [5, 5.41) is 8.78. The summed E-state index contributed by atoms with van der Waals surface area (Å²) < 4.78 is 27.4. The highest BCUT2D eigenvalue weighted by Gasteiger charge is 2.42. The predicted octanol–water partition coefficient (Wildman–Crippen LogP) is 5.77. The molecule has 2 heterocycles. The Morgan fingerprint density at radius 3 is 2.75 bits per heavy atom. The van der Waals surface area contributed by atoms with E-state index < -0.39 is 6.04 Å². The van der Waals surface area contributed by atoms with Crippen molar-refractivity contribution in [1.82, 2.24) is 14.8 Å². The molecule has 3 aromatic rings. The van der Waals surface area contributed by atoms with Gasteiger partial charge in [0.2, 0.25) is 11.1 Å². The van der Waals surface area contributed by atoms with Crippen LogP contribution in [-0.2, 0) is 11.4 Å². The van der Waals surface area contributed by atoms with Gasteiger partial charge in [-0.15, -0.1) is 5.10 Å². The second kappa shape index (κ2) is 9.61. The first-order chi connectivity index (χ1) is 17.3. The minimum atomic E-state index is -0.437. The summed E-state index contributed by atoms with van der Waals surface area (Å²) in [4.78, 5) is 18.1. The molecule has 0 saturated heterocycles. The molecule has 188 valence electrons. The van der Waals surface area contributed by atoms with E-state index in [-0.39, 0.29) is 23.6 Å². The number of allylic oxidation sites excluding steroid dienone is 2. The molecular formula is C27H29FN4O3S. The number of ketones is 1. The number of aromatic nitrogens is 3. The number of carbonyl (C=O) groups is 1. The number of rotatable bonds is 7. The lowest BCUT2D eigenvalue weighted by molar-refractivity contribution is -0.118. The van der Waals surface area contributed by atoms with E-state index in [9.17, 15) is 9.18 Å². The number of fused-ring (bicyclic) bond motifs is 1. The molecule has 2 aromatic carbocycles. The number of hydrogen-bond acceptors (Lipinski definition) is 7. The summed E-state index contributed by atoms with van der Waals surface area (Å²) in [5.74, 6) is 2.24. The van der Waals surface area contributed by atoms with Gasteiger partial charge in [0.15, 0.2) is 17.3 Å². The molecule has 1 aromatic heterocycles. The summed E-state index contributed by atoms with van der Waals surface area (Å²) in [7, 11) is 1.56. The molecule has 9 heteroatoms. The second-order valence-electron chi connectivity index (χ2n) is 9.75. The molecule has 5 rings (SSSR count). The molecule has 0 spiro atoms. The van der Waals surface area contributed by atoms with E-state index >= 15 is 0 Å². The van der Waals surface area contributed by atoms with Crippen LogP contribution in [0.5, 0.6) is 11.5 Å². The van der Waals surface area contributed by atoms with Crippen LogP contribution in [0.3, 0.4) is 0 Å². The Bertz CT molecular complexity index is 1350. The summed E-state index contributed by atoms with van der Waals surface area (Å²) in [5.41, 5.74) is 2.76. The molecule has 7 nitrogen and oxygen atoms in total. The van der Waals surface area contributed by atoms with Gasteiger partial charge in [-0.2, -0.15) is 4.98 Å². The van der Waals surface area contributed by atoms with Crippen LogP contribution in [0.25, 0.3) is 0 Å². The topological polar surface area (TPSA) is 78.3 Å². The summed E-state index contributed by atoms with van der Waals surface area (Å²) in [6.45, 7) is 6.33. The maximum Gasteiger partial charge on any atom is 0.227 e. The fraction of sp³-hybridized carbons (Fsp3) is 0.370. The van der Waals surface area contributed by atoms with Gasteiger partial charge in [-0.25, -0.2) is 9.07 Å². The van der Waals surface area contributed by atoms with Crippen molar-refractivity contribution in [2.45, 2.75) is 51.4 Å². The standard InChI is InChI=1S/C27H29FN4O3S/c1-5-36-26-30-25-29-19-13-27(2,3)14-20(33)23(19)24(32(25)31-26)16-10-11-21(22(12-16)34-4)35-15-17-8-6-7-9-18(17)28/h6-12,24H,5,13-15H2,1-4H3,(H,29,30,31). The van der Waals surface area contributed by atoms with Crippen molar-refractivity contribution < 1.29 is 18.7 Å². The number of anilines is 1. The van der Waals surface area contributed by atoms with Gasteiger partial charge in [-0.05, 0) is 41.4 Å². The molecule has 1 unspecified atom stereocenters. The van der Waals surface area contributed by atoms with E-state index in [1.54, 1.807) is 47.8 Å². The van der Waals surface area contributed by atoms with Gasteiger partial charge in [0.05, 0.1) is 7.11 Å². The van der Waals surface area contributed by atoms with Gasteiger partial charge in [-0.3, -0.25) is 4.79 Å². The third-order valence-electron chi connectivity index (χ3n) is 6.43. The highest BCUT2D eigenvalue weighted by atomic mass is 32.2. The molecule has 36 heavy (non-hydrogen) atoms. The van der Waals surface area contributed by atoms with Crippen LogP contribution in [0.4, 0.5) is 10.3 Å². The SMILES string of the molecule is CCSc1nc2n(n1)C(c1ccc(OCc3ccccc3F)c(OC)c1)C1=C(CC(C)(C)CC1=O)N2. The number of carbonyl (C=O) groups excluding carboxylic acids is 1. The molecule has 2 aliphatic rings. The average Bonchev–Trinajstić information content (AvgIpc) is 3.23. The lowest BCUT2D eigenvalue weighted by atomic mass is 9.73. The molecular weight excluding hydrogens is 479 g/mol. The zero-order valence-electron chi connectivity index (χ0n) is 20.8. The van der Waals surface area contributed by atoms with E-state index in [1.807, 2.05) is 12.1 Å². The Kier molecular flexibility index (Phi) is 6.51. The van der Waals surface area contributed by atoms with Gasteiger partial charge in [0.25, 0.3) is 0 Å². The number of thioether (sulfide) groups is 1. The Balaban J connectivity index is 1.54. The Hall–Kier alpha value is -3.33. The molecule has 1 aliphatic heterocycles. The molecule has 1 aliphatic carbocycles. The lowest BCUT2D eigenvalue weighted by Crippen LogP contribution is -2.36. The second-order valence-corrected chi connectivity index (χ2v) is 11.0. The average molecular weight is 509 g/mol. The van der Waals surface area contributed by atoms with E-state index in [4.69, 9.17) is 14.6 Å². The fourth-order valence-corrected chi connectivity index (χ4v) is 5.39. The van der Waals surface area contributed by atoms with Crippen molar-refractivity contribution in [2.75, 3.05) is 18.2 Å². The third kappa shape index (κ3) is 4.59. The fourth-order valence-electron chi connectivity index (χ4n) is 4.83. The van der Waals surface area contributed by atoms with Gasteiger partial charge >= 0.3 is 0 Å². The molecule has 1 N–H and O–H groups in total. The molecule has 0 radical (unpaired) electrons.